The number of anilines is 1. The summed E-state index contributed by atoms with van der Waals surface area (Å²) in [5.74, 6) is -0.923. The molecule has 0 spiro atoms. The molecule has 29 heavy (non-hydrogen) atoms. The van der Waals surface area contributed by atoms with E-state index < -0.39 is 28.2 Å². The zero-order valence-corrected chi connectivity index (χ0v) is 17.5. The molecule has 0 bridgehead atoms. The molecular formula is C20H26N4O5. The third-order valence-corrected chi connectivity index (χ3v) is 4.67. The Morgan fingerprint density at radius 2 is 1.76 bits per heavy atom. The van der Waals surface area contributed by atoms with Gasteiger partial charge < -0.3 is 10.1 Å². The van der Waals surface area contributed by atoms with Gasteiger partial charge in [0.15, 0.2) is 0 Å². The van der Waals surface area contributed by atoms with Crippen molar-refractivity contribution in [2.75, 3.05) is 12.4 Å². The Balaban J connectivity index is 2.38. The summed E-state index contributed by atoms with van der Waals surface area (Å²) in [4.78, 5) is 35.2. The number of aromatic nitrogens is 2. The number of nitro groups is 1. The third-order valence-electron chi connectivity index (χ3n) is 4.67. The second kappa shape index (κ2) is 8.85. The van der Waals surface area contributed by atoms with Crippen molar-refractivity contribution >= 4 is 23.3 Å². The van der Waals surface area contributed by atoms with E-state index in [0.717, 1.165) is 28.6 Å². The number of carbonyl (C=O) groups is 2. The number of nitrogens with zero attached hydrogens (tertiary/aromatic N) is 3. The lowest BCUT2D eigenvalue weighted by Crippen LogP contribution is -2.22. The Morgan fingerprint density at radius 1 is 1.21 bits per heavy atom. The highest BCUT2D eigenvalue weighted by molar-refractivity contribution is 5.94. The fraction of sp³-hybridized carbons (Fsp3) is 0.450. The first-order valence-corrected chi connectivity index (χ1v) is 9.31. The second-order valence-corrected chi connectivity index (χ2v) is 7.36. The number of nitrogens with one attached hydrogen (secondary N) is 1. The van der Waals surface area contributed by atoms with Crippen molar-refractivity contribution in [2.24, 2.45) is 0 Å². The molecule has 0 atom stereocenters. The smallest absolute Gasteiger partial charge is 0.365 e. The number of methoxy groups -OCH3 is 1. The molecule has 2 aromatic rings. The van der Waals surface area contributed by atoms with Crippen LogP contribution in [0.3, 0.4) is 0 Å². The molecule has 9 nitrogen and oxygen atoms in total. The van der Waals surface area contributed by atoms with Crippen LogP contribution >= 0.6 is 0 Å². The number of rotatable bonds is 7. The number of para-hydroxylation sites is 1. The minimum Gasteiger partial charge on any atom is -0.464 e. The average Bonchev–Trinajstić information content (AvgIpc) is 2.97. The molecule has 0 fully saturated rings. The van der Waals surface area contributed by atoms with Crippen molar-refractivity contribution in [1.82, 2.24) is 9.78 Å². The van der Waals surface area contributed by atoms with Crippen LogP contribution in [0.2, 0.25) is 0 Å². The Kier molecular flexibility index (Phi) is 6.73. The fourth-order valence-electron chi connectivity index (χ4n) is 3.15. The van der Waals surface area contributed by atoms with Gasteiger partial charge in [0, 0.05) is 5.69 Å². The SMILES string of the molecule is COC(=O)c1nn(CC(=O)Nc2c(C(C)C)cccc2C(C)C)c(C)c1[N+](=O)[O-]. The first-order valence-electron chi connectivity index (χ1n) is 9.31. The normalized spacial score (nSPS) is 11.0. The van der Waals surface area contributed by atoms with E-state index in [1.54, 1.807) is 0 Å². The summed E-state index contributed by atoms with van der Waals surface area (Å²) < 4.78 is 5.71. The summed E-state index contributed by atoms with van der Waals surface area (Å²) in [6.07, 6.45) is 0. The lowest BCUT2D eigenvalue weighted by Gasteiger charge is -2.20. The van der Waals surface area contributed by atoms with Gasteiger partial charge in [0.2, 0.25) is 11.6 Å². The maximum Gasteiger partial charge on any atom is 0.365 e. The molecular weight excluding hydrogens is 376 g/mol. The van der Waals surface area contributed by atoms with E-state index in [0.29, 0.717) is 0 Å². The number of ether oxygens (including phenoxy) is 1. The number of carbonyl (C=O) groups excluding carboxylic acids is 2. The largest absolute Gasteiger partial charge is 0.464 e. The molecule has 0 aliphatic heterocycles. The van der Waals surface area contributed by atoms with Crippen LogP contribution in [-0.2, 0) is 16.1 Å². The van der Waals surface area contributed by atoms with Crippen LogP contribution in [0, 0.1) is 17.0 Å². The van der Waals surface area contributed by atoms with Crippen molar-refractivity contribution < 1.29 is 19.2 Å². The van der Waals surface area contributed by atoms with Gasteiger partial charge in [-0.3, -0.25) is 19.6 Å². The minimum absolute atomic E-state index is 0.103. The van der Waals surface area contributed by atoms with Gasteiger partial charge in [0.05, 0.1) is 12.0 Å². The first-order chi connectivity index (χ1) is 13.6. The Hall–Kier alpha value is -3.23. The zero-order valence-electron chi connectivity index (χ0n) is 17.5. The second-order valence-electron chi connectivity index (χ2n) is 7.36. The standard InChI is InChI=1S/C20H26N4O5/c1-11(2)14-8-7-9-15(12(3)4)17(14)21-16(25)10-23-13(5)19(24(27)28)18(22-23)20(26)29-6/h7-9,11-12H,10H2,1-6H3,(H,21,25). The van der Waals surface area contributed by atoms with Gasteiger partial charge in [-0.15, -0.1) is 0 Å². The fourth-order valence-corrected chi connectivity index (χ4v) is 3.15. The van der Waals surface area contributed by atoms with Crippen LogP contribution in [0.15, 0.2) is 18.2 Å². The van der Waals surface area contributed by atoms with E-state index >= 15 is 0 Å². The number of hydrogen-bond donors (Lipinski definition) is 1. The Bertz CT molecular complexity index is 920. The molecule has 9 heteroatoms. The van der Waals surface area contributed by atoms with E-state index in [-0.39, 0.29) is 24.1 Å². The summed E-state index contributed by atoms with van der Waals surface area (Å²) in [7, 11) is 1.11. The van der Waals surface area contributed by atoms with Crippen molar-refractivity contribution in [3.05, 3.63) is 50.8 Å². The molecule has 0 unspecified atom stereocenters. The van der Waals surface area contributed by atoms with Gasteiger partial charge in [0.1, 0.15) is 12.2 Å². The van der Waals surface area contributed by atoms with Crippen molar-refractivity contribution in [2.45, 2.75) is 53.0 Å². The van der Waals surface area contributed by atoms with Gasteiger partial charge in [-0.25, -0.2) is 4.79 Å². The summed E-state index contributed by atoms with van der Waals surface area (Å²) in [5, 5.41) is 18.2. The predicted octanol–water partition coefficient (Wildman–Crippen LogP) is 3.77. The third kappa shape index (κ3) is 4.61. The van der Waals surface area contributed by atoms with Crippen LogP contribution in [-0.4, -0.2) is 33.7 Å². The minimum atomic E-state index is -0.925. The number of esters is 1. The van der Waals surface area contributed by atoms with Gasteiger partial charge in [-0.05, 0) is 29.9 Å². The quantitative estimate of drug-likeness (QED) is 0.428. The van der Waals surface area contributed by atoms with Crippen LogP contribution in [0.1, 0.15) is 66.8 Å². The molecule has 1 heterocycles. The number of hydrogen-bond acceptors (Lipinski definition) is 6. The maximum atomic E-state index is 12.8. The van der Waals surface area contributed by atoms with Gasteiger partial charge in [0.25, 0.3) is 0 Å². The van der Waals surface area contributed by atoms with Crippen molar-refractivity contribution in [1.29, 1.82) is 0 Å². The van der Waals surface area contributed by atoms with Crippen LogP contribution in [0.4, 0.5) is 11.4 Å². The average molecular weight is 402 g/mol. The van der Waals surface area contributed by atoms with E-state index in [1.807, 2.05) is 45.9 Å². The van der Waals surface area contributed by atoms with Crippen molar-refractivity contribution in [3.63, 3.8) is 0 Å². The number of benzene rings is 1. The van der Waals surface area contributed by atoms with Crippen LogP contribution in [0.5, 0.6) is 0 Å². The van der Waals surface area contributed by atoms with E-state index in [9.17, 15) is 19.7 Å². The summed E-state index contributed by atoms with van der Waals surface area (Å²) in [5.41, 5.74) is 1.97. The maximum absolute atomic E-state index is 12.8. The lowest BCUT2D eigenvalue weighted by atomic mass is 9.92. The molecule has 1 N–H and O–H groups in total. The summed E-state index contributed by atoms with van der Waals surface area (Å²) >= 11 is 0. The Labute approximate surface area is 169 Å². The summed E-state index contributed by atoms with van der Waals surface area (Å²) in [6.45, 7) is 9.33. The van der Waals surface area contributed by atoms with E-state index in [1.165, 1.54) is 6.92 Å². The molecule has 0 aliphatic rings. The highest BCUT2D eigenvalue weighted by atomic mass is 16.6. The topological polar surface area (TPSA) is 116 Å². The molecule has 0 saturated heterocycles. The van der Waals surface area contributed by atoms with E-state index in [2.05, 4.69) is 15.2 Å². The first kappa shape index (κ1) is 22.1. The van der Waals surface area contributed by atoms with Gasteiger partial charge in [-0.2, -0.15) is 5.10 Å². The molecule has 1 aromatic carbocycles. The van der Waals surface area contributed by atoms with E-state index in [4.69, 9.17) is 0 Å². The highest BCUT2D eigenvalue weighted by Crippen LogP contribution is 2.32. The highest BCUT2D eigenvalue weighted by Gasteiger charge is 2.31. The molecule has 2 rings (SSSR count). The van der Waals surface area contributed by atoms with Crippen LogP contribution in [0.25, 0.3) is 0 Å². The summed E-state index contributed by atoms with van der Waals surface area (Å²) in [6, 6.07) is 5.89. The molecule has 1 aromatic heterocycles. The zero-order chi connectivity index (χ0) is 21.9. The van der Waals surface area contributed by atoms with Gasteiger partial charge >= 0.3 is 11.7 Å². The predicted molar refractivity (Wildman–Crippen MR) is 108 cm³/mol. The number of amides is 1. The molecule has 0 saturated carbocycles. The molecule has 0 aliphatic carbocycles. The lowest BCUT2D eigenvalue weighted by molar-refractivity contribution is -0.385. The Morgan fingerprint density at radius 3 is 2.21 bits per heavy atom. The molecule has 0 radical (unpaired) electrons. The molecule has 156 valence electrons. The molecule has 1 amide bonds. The van der Waals surface area contributed by atoms with Crippen LogP contribution < -0.4 is 5.32 Å². The monoisotopic (exact) mass is 402 g/mol. The van der Waals surface area contributed by atoms with Crippen molar-refractivity contribution in [3.8, 4) is 0 Å². The van der Waals surface area contributed by atoms with Gasteiger partial charge in [-0.1, -0.05) is 45.9 Å².